The van der Waals surface area contributed by atoms with E-state index in [1.165, 1.54) is 0 Å². The predicted molar refractivity (Wildman–Crippen MR) is 76.3 cm³/mol. The molecule has 0 bridgehead atoms. The standard InChI is InChI=1S/C15H13N3O3/c19-13(9-18-14(20)6-7-15(18)21)17-12-5-1-4-11-10(12)3-2-8-16-11/h1-5,8H,6-7,9H2,(H,17,19). The van der Waals surface area contributed by atoms with E-state index in [4.69, 9.17) is 0 Å². The van der Waals surface area contributed by atoms with Crippen molar-refractivity contribution in [3.8, 4) is 0 Å². The number of imide groups is 1. The van der Waals surface area contributed by atoms with Crippen molar-refractivity contribution in [2.24, 2.45) is 0 Å². The lowest BCUT2D eigenvalue weighted by atomic mass is 10.2. The second kappa shape index (κ2) is 5.32. The van der Waals surface area contributed by atoms with Crippen LogP contribution < -0.4 is 5.32 Å². The van der Waals surface area contributed by atoms with E-state index in [1.807, 2.05) is 12.1 Å². The molecule has 3 amide bonds. The average molecular weight is 283 g/mol. The Morgan fingerprint density at radius 1 is 1.14 bits per heavy atom. The summed E-state index contributed by atoms with van der Waals surface area (Å²) in [5.41, 5.74) is 1.38. The van der Waals surface area contributed by atoms with Crippen LogP contribution in [0.3, 0.4) is 0 Å². The Bertz CT molecular complexity index is 721. The van der Waals surface area contributed by atoms with Gasteiger partial charge in [0, 0.05) is 24.4 Å². The Kier molecular flexibility index (Phi) is 3.35. The first kappa shape index (κ1) is 13.2. The first-order valence-corrected chi connectivity index (χ1v) is 6.62. The van der Waals surface area contributed by atoms with Crippen molar-refractivity contribution >= 4 is 34.3 Å². The molecule has 0 spiro atoms. The molecule has 0 radical (unpaired) electrons. The molecule has 1 aromatic carbocycles. The van der Waals surface area contributed by atoms with Gasteiger partial charge in [-0.25, -0.2) is 0 Å². The van der Waals surface area contributed by atoms with E-state index in [9.17, 15) is 14.4 Å². The molecular formula is C15H13N3O3. The van der Waals surface area contributed by atoms with Crippen LogP contribution >= 0.6 is 0 Å². The molecule has 0 aliphatic carbocycles. The van der Waals surface area contributed by atoms with Gasteiger partial charge >= 0.3 is 0 Å². The van der Waals surface area contributed by atoms with Gasteiger partial charge in [0.15, 0.2) is 0 Å². The third-order valence-electron chi connectivity index (χ3n) is 3.38. The number of fused-ring (bicyclic) bond motifs is 1. The van der Waals surface area contributed by atoms with E-state index in [-0.39, 0.29) is 31.2 Å². The quantitative estimate of drug-likeness (QED) is 0.862. The Morgan fingerprint density at radius 3 is 2.67 bits per heavy atom. The Labute approximate surface area is 120 Å². The molecule has 2 aromatic rings. The predicted octanol–water partition coefficient (Wildman–Crippen LogP) is 1.32. The summed E-state index contributed by atoms with van der Waals surface area (Å²) in [6.45, 7) is -0.242. The highest BCUT2D eigenvalue weighted by Gasteiger charge is 2.30. The van der Waals surface area contributed by atoms with E-state index in [0.717, 1.165) is 15.8 Å². The molecule has 6 nitrogen and oxygen atoms in total. The van der Waals surface area contributed by atoms with Gasteiger partial charge in [0.25, 0.3) is 0 Å². The van der Waals surface area contributed by atoms with Gasteiger partial charge in [-0.2, -0.15) is 0 Å². The highest BCUT2D eigenvalue weighted by atomic mass is 16.2. The van der Waals surface area contributed by atoms with Gasteiger partial charge in [-0.15, -0.1) is 0 Å². The number of anilines is 1. The number of aromatic nitrogens is 1. The topological polar surface area (TPSA) is 79.4 Å². The van der Waals surface area contributed by atoms with Gasteiger partial charge in [-0.1, -0.05) is 6.07 Å². The van der Waals surface area contributed by atoms with Crippen molar-refractivity contribution in [3.63, 3.8) is 0 Å². The molecule has 1 aliphatic heterocycles. The average Bonchev–Trinajstić information content (AvgIpc) is 2.79. The van der Waals surface area contributed by atoms with Crippen molar-refractivity contribution < 1.29 is 14.4 Å². The van der Waals surface area contributed by atoms with Gasteiger partial charge in [-0.05, 0) is 24.3 Å². The lowest BCUT2D eigenvalue weighted by molar-refractivity contribution is -0.141. The van der Waals surface area contributed by atoms with Gasteiger partial charge in [0.2, 0.25) is 17.7 Å². The number of nitrogens with one attached hydrogen (secondary N) is 1. The molecule has 3 rings (SSSR count). The lowest BCUT2D eigenvalue weighted by Crippen LogP contribution is -2.36. The van der Waals surface area contributed by atoms with E-state index in [2.05, 4.69) is 10.3 Å². The Hall–Kier alpha value is -2.76. The zero-order valence-corrected chi connectivity index (χ0v) is 11.2. The third kappa shape index (κ3) is 2.60. The second-order valence-corrected chi connectivity index (χ2v) is 4.80. The summed E-state index contributed by atoms with van der Waals surface area (Å²) in [4.78, 5) is 40.2. The van der Waals surface area contributed by atoms with E-state index < -0.39 is 5.91 Å². The van der Waals surface area contributed by atoms with Crippen molar-refractivity contribution in [3.05, 3.63) is 36.5 Å². The molecule has 0 saturated carbocycles. The van der Waals surface area contributed by atoms with Gasteiger partial charge in [0.05, 0.1) is 11.2 Å². The van der Waals surface area contributed by atoms with Crippen LogP contribution in [0.15, 0.2) is 36.5 Å². The first-order chi connectivity index (χ1) is 10.1. The molecule has 2 heterocycles. The van der Waals surface area contributed by atoms with Crippen LogP contribution in [-0.4, -0.2) is 34.2 Å². The molecule has 106 valence electrons. The molecule has 6 heteroatoms. The summed E-state index contributed by atoms with van der Waals surface area (Å²) >= 11 is 0. The number of rotatable bonds is 3. The van der Waals surface area contributed by atoms with Crippen LogP contribution in [0.1, 0.15) is 12.8 Å². The molecule has 1 aliphatic rings. The summed E-state index contributed by atoms with van der Waals surface area (Å²) in [7, 11) is 0. The van der Waals surface area contributed by atoms with Crippen molar-refractivity contribution in [2.45, 2.75) is 12.8 Å². The second-order valence-electron chi connectivity index (χ2n) is 4.80. The van der Waals surface area contributed by atoms with Crippen molar-refractivity contribution in [1.29, 1.82) is 0 Å². The van der Waals surface area contributed by atoms with Crippen LogP contribution in [0.25, 0.3) is 10.9 Å². The van der Waals surface area contributed by atoms with Gasteiger partial charge < -0.3 is 5.32 Å². The number of amides is 3. The summed E-state index contributed by atoms with van der Waals surface area (Å²) < 4.78 is 0. The Balaban J connectivity index is 1.78. The third-order valence-corrected chi connectivity index (χ3v) is 3.38. The molecular weight excluding hydrogens is 270 g/mol. The number of pyridine rings is 1. The zero-order valence-electron chi connectivity index (χ0n) is 11.2. The SMILES string of the molecule is O=C(CN1C(=O)CCC1=O)Nc1cccc2ncccc12. The highest BCUT2D eigenvalue weighted by molar-refractivity contribution is 6.07. The maximum Gasteiger partial charge on any atom is 0.244 e. The monoisotopic (exact) mass is 283 g/mol. The normalized spacial score (nSPS) is 14.8. The van der Waals surface area contributed by atoms with E-state index in [0.29, 0.717) is 5.69 Å². The molecule has 1 N–H and O–H groups in total. The number of hydrogen-bond donors (Lipinski definition) is 1. The largest absolute Gasteiger partial charge is 0.324 e. The molecule has 0 unspecified atom stereocenters. The van der Waals surface area contributed by atoms with Crippen molar-refractivity contribution in [1.82, 2.24) is 9.88 Å². The van der Waals surface area contributed by atoms with Gasteiger partial charge in [0.1, 0.15) is 6.54 Å². The number of carbonyl (C=O) groups excluding carboxylic acids is 3. The number of nitrogens with zero attached hydrogens (tertiary/aromatic N) is 2. The summed E-state index contributed by atoms with van der Waals surface area (Å²) in [6.07, 6.45) is 2.05. The van der Waals surface area contributed by atoms with Crippen molar-refractivity contribution in [2.75, 3.05) is 11.9 Å². The van der Waals surface area contributed by atoms with Crippen LogP contribution in [0, 0.1) is 0 Å². The minimum Gasteiger partial charge on any atom is -0.324 e. The highest BCUT2D eigenvalue weighted by Crippen LogP contribution is 2.21. The zero-order chi connectivity index (χ0) is 14.8. The van der Waals surface area contributed by atoms with E-state index in [1.54, 1.807) is 24.4 Å². The summed E-state index contributed by atoms with van der Waals surface area (Å²) in [5.74, 6) is -0.987. The number of likely N-dealkylation sites (tertiary alicyclic amines) is 1. The smallest absolute Gasteiger partial charge is 0.244 e. The molecule has 0 atom stereocenters. The first-order valence-electron chi connectivity index (χ1n) is 6.62. The lowest BCUT2D eigenvalue weighted by Gasteiger charge is -2.14. The van der Waals surface area contributed by atoms with Crippen LogP contribution in [0.2, 0.25) is 0 Å². The number of hydrogen-bond acceptors (Lipinski definition) is 4. The maximum atomic E-state index is 12.0. The van der Waals surface area contributed by atoms with Gasteiger partial charge in [-0.3, -0.25) is 24.3 Å². The summed E-state index contributed by atoms with van der Waals surface area (Å²) in [6, 6.07) is 9.03. The maximum absolute atomic E-state index is 12.0. The van der Waals surface area contributed by atoms with Crippen LogP contribution in [-0.2, 0) is 14.4 Å². The molecule has 1 saturated heterocycles. The van der Waals surface area contributed by atoms with E-state index >= 15 is 0 Å². The number of benzene rings is 1. The minimum atomic E-state index is -0.394. The molecule has 1 aromatic heterocycles. The minimum absolute atomic E-state index is 0.185. The molecule has 21 heavy (non-hydrogen) atoms. The van der Waals surface area contributed by atoms with Crippen LogP contribution in [0.4, 0.5) is 5.69 Å². The number of carbonyl (C=O) groups is 3. The molecule has 1 fully saturated rings. The van der Waals surface area contributed by atoms with Crippen LogP contribution in [0.5, 0.6) is 0 Å². The Morgan fingerprint density at radius 2 is 1.90 bits per heavy atom. The summed E-state index contributed by atoms with van der Waals surface area (Å²) in [5, 5.41) is 3.54. The fraction of sp³-hybridized carbons (Fsp3) is 0.200. The fourth-order valence-electron chi connectivity index (χ4n) is 2.34. The fourth-order valence-corrected chi connectivity index (χ4v) is 2.34.